The van der Waals surface area contributed by atoms with E-state index in [9.17, 15) is 0 Å². The normalized spacial score (nSPS) is 24.8. The predicted octanol–water partition coefficient (Wildman–Crippen LogP) is 2.94. The molecule has 2 rings (SSSR count). The zero-order valence-corrected chi connectivity index (χ0v) is 9.61. The van der Waals surface area contributed by atoms with E-state index in [0.29, 0.717) is 11.7 Å². The van der Waals surface area contributed by atoms with Crippen molar-refractivity contribution in [3.8, 4) is 6.07 Å². The van der Waals surface area contributed by atoms with Crippen LogP contribution in [0.4, 0.5) is 5.69 Å². The Labute approximate surface area is 96.5 Å². The van der Waals surface area contributed by atoms with Gasteiger partial charge in [-0.3, -0.25) is 0 Å². The number of anilines is 1. The number of aromatic nitrogens is 1. The smallest absolute Gasteiger partial charge is 0.142 e. The third-order valence-electron chi connectivity index (χ3n) is 3.26. The van der Waals surface area contributed by atoms with Crippen molar-refractivity contribution >= 4 is 5.69 Å². The second kappa shape index (κ2) is 4.98. The maximum absolute atomic E-state index is 8.76. The maximum Gasteiger partial charge on any atom is 0.142 e. The minimum atomic E-state index is 0.481. The topological polar surface area (TPSA) is 48.7 Å². The molecular formula is C13H17N3. The number of nitriles is 1. The Balaban J connectivity index is 1.96. The highest BCUT2D eigenvalue weighted by Crippen LogP contribution is 2.25. The van der Waals surface area contributed by atoms with Crippen LogP contribution < -0.4 is 5.32 Å². The summed E-state index contributed by atoms with van der Waals surface area (Å²) in [5.74, 6) is 0.866. The number of rotatable bonds is 2. The van der Waals surface area contributed by atoms with E-state index >= 15 is 0 Å². The van der Waals surface area contributed by atoms with E-state index in [-0.39, 0.29) is 0 Å². The fraction of sp³-hybridized carbons (Fsp3) is 0.538. The van der Waals surface area contributed by atoms with Crippen molar-refractivity contribution in [2.45, 2.75) is 38.6 Å². The van der Waals surface area contributed by atoms with Crippen LogP contribution in [0.1, 0.15) is 38.3 Å². The minimum absolute atomic E-state index is 0.481. The van der Waals surface area contributed by atoms with Crippen molar-refractivity contribution < 1.29 is 0 Å². The zero-order valence-electron chi connectivity index (χ0n) is 9.61. The minimum Gasteiger partial charge on any atom is -0.382 e. The summed E-state index contributed by atoms with van der Waals surface area (Å²) in [7, 11) is 0. The van der Waals surface area contributed by atoms with Gasteiger partial charge in [-0.1, -0.05) is 6.92 Å². The molecule has 0 saturated heterocycles. The first-order chi connectivity index (χ1) is 7.78. The van der Waals surface area contributed by atoms with Gasteiger partial charge in [-0.25, -0.2) is 4.98 Å². The first-order valence-electron chi connectivity index (χ1n) is 5.90. The first kappa shape index (κ1) is 10.9. The highest BCUT2D eigenvalue weighted by atomic mass is 14.9. The van der Waals surface area contributed by atoms with Gasteiger partial charge in [0.2, 0.25) is 0 Å². The van der Waals surface area contributed by atoms with Crippen LogP contribution in [0.15, 0.2) is 18.3 Å². The summed E-state index contributed by atoms with van der Waals surface area (Å²) in [5.41, 5.74) is 1.50. The Morgan fingerprint density at radius 2 is 2.12 bits per heavy atom. The Morgan fingerprint density at radius 1 is 1.38 bits per heavy atom. The Bertz CT molecular complexity index is 386. The van der Waals surface area contributed by atoms with E-state index in [1.165, 1.54) is 25.7 Å². The molecule has 1 aromatic rings. The summed E-state index contributed by atoms with van der Waals surface area (Å²) in [6.45, 7) is 2.32. The number of nitrogens with one attached hydrogen (secondary N) is 1. The van der Waals surface area contributed by atoms with Crippen LogP contribution in [0.25, 0.3) is 0 Å². The Kier molecular flexibility index (Phi) is 3.40. The van der Waals surface area contributed by atoms with Gasteiger partial charge in [0.1, 0.15) is 11.8 Å². The molecule has 0 amide bonds. The summed E-state index contributed by atoms with van der Waals surface area (Å²) in [4.78, 5) is 3.96. The van der Waals surface area contributed by atoms with Gasteiger partial charge in [-0.15, -0.1) is 0 Å². The molecule has 1 aromatic heterocycles. The van der Waals surface area contributed by atoms with Crippen LogP contribution in [0, 0.1) is 17.2 Å². The fourth-order valence-corrected chi connectivity index (χ4v) is 2.22. The van der Waals surface area contributed by atoms with Gasteiger partial charge in [0.25, 0.3) is 0 Å². The number of hydrogen-bond acceptors (Lipinski definition) is 3. The van der Waals surface area contributed by atoms with Crippen LogP contribution in [-0.2, 0) is 0 Å². The van der Waals surface area contributed by atoms with Crippen LogP contribution in [0.3, 0.4) is 0 Å². The number of hydrogen-bond donors (Lipinski definition) is 1. The second-order valence-electron chi connectivity index (χ2n) is 4.64. The third kappa shape index (κ3) is 2.73. The lowest BCUT2D eigenvalue weighted by molar-refractivity contribution is 0.361. The van der Waals surface area contributed by atoms with Gasteiger partial charge in [0, 0.05) is 17.9 Å². The molecule has 0 bridgehead atoms. The van der Waals surface area contributed by atoms with E-state index in [1.807, 2.05) is 12.1 Å². The summed E-state index contributed by atoms with van der Waals surface area (Å²) in [6.07, 6.45) is 6.74. The molecule has 84 valence electrons. The first-order valence-corrected chi connectivity index (χ1v) is 5.90. The van der Waals surface area contributed by atoms with E-state index < -0.39 is 0 Å². The molecule has 3 nitrogen and oxygen atoms in total. The Hall–Kier alpha value is -1.56. The van der Waals surface area contributed by atoms with Crippen molar-refractivity contribution in [3.05, 3.63) is 24.0 Å². The zero-order chi connectivity index (χ0) is 11.4. The largest absolute Gasteiger partial charge is 0.382 e. The third-order valence-corrected chi connectivity index (χ3v) is 3.26. The summed E-state index contributed by atoms with van der Waals surface area (Å²) < 4.78 is 0. The van der Waals surface area contributed by atoms with Gasteiger partial charge in [-0.2, -0.15) is 5.26 Å². The molecule has 16 heavy (non-hydrogen) atoms. The van der Waals surface area contributed by atoms with E-state index in [2.05, 4.69) is 23.3 Å². The summed E-state index contributed by atoms with van der Waals surface area (Å²) in [6, 6.07) is 6.37. The second-order valence-corrected chi connectivity index (χ2v) is 4.64. The quantitative estimate of drug-likeness (QED) is 0.825. The molecule has 0 unspecified atom stereocenters. The molecule has 0 atom stereocenters. The van der Waals surface area contributed by atoms with Crippen molar-refractivity contribution in [1.82, 2.24) is 4.98 Å². The van der Waals surface area contributed by atoms with Gasteiger partial charge < -0.3 is 5.32 Å². The van der Waals surface area contributed by atoms with Crippen molar-refractivity contribution in [2.75, 3.05) is 5.32 Å². The monoisotopic (exact) mass is 215 g/mol. The summed E-state index contributed by atoms with van der Waals surface area (Å²) in [5, 5.41) is 12.2. The average molecular weight is 215 g/mol. The predicted molar refractivity (Wildman–Crippen MR) is 64.0 cm³/mol. The van der Waals surface area contributed by atoms with Crippen LogP contribution >= 0.6 is 0 Å². The summed E-state index contributed by atoms with van der Waals surface area (Å²) >= 11 is 0. The SMILES string of the molecule is CC1CCC(Nc2ccnc(C#N)c2)CC1. The van der Waals surface area contributed by atoms with Crippen molar-refractivity contribution in [1.29, 1.82) is 5.26 Å². The van der Waals surface area contributed by atoms with Crippen molar-refractivity contribution in [2.24, 2.45) is 5.92 Å². The molecule has 0 aromatic carbocycles. The molecule has 0 aliphatic heterocycles. The van der Waals surface area contributed by atoms with Gasteiger partial charge in [0.05, 0.1) is 0 Å². The van der Waals surface area contributed by atoms with Crippen LogP contribution in [0.2, 0.25) is 0 Å². The van der Waals surface area contributed by atoms with Gasteiger partial charge in [-0.05, 0) is 43.7 Å². The molecule has 1 saturated carbocycles. The molecule has 1 fully saturated rings. The highest BCUT2D eigenvalue weighted by Gasteiger charge is 2.17. The maximum atomic E-state index is 8.76. The van der Waals surface area contributed by atoms with Gasteiger partial charge >= 0.3 is 0 Å². The molecule has 1 aliphatic rings. The van der Waals surface area contributed by atoms with Crippen molar-refractivity contribution in [3.63, 3.8) is 0 Å². The lowest BCUT2D eigenvalue weighted by atomic mass is 9.87. The van der Waals surface area contributed by atoms with E-state index in [4.69, 9.17) is 5.26 Å². The van der Waals surface area contributed by atoms with Crippen LogP contribution in [-0.4, -0.2) is 11.0 Å². The van der Waals surface area contributed by atoms with E-state index in [0.717, 1.165) is 11.6 Å². The number of nitrogens with zero attached hydrogens (tertiary/aromatic N) is 2. The molecule has 1 aliphatic carbocycles. The fourth-order valence-electron chi connectivity index (χ4n) is 2.22. The molecule has 3 heteroatoms. The van der Waals surface area contributed by atoms with Crippen LogP contribution in [0.5, 0.6) is 0 Å². The average Bonchev–Trinajstić information content (AvgIpc) is 2.32. The molecular weight excluding hydrogens is 198 g/mol. The lowest BCUT2D eigenvalue weighted by Gasteiger charge is -2.27. The highest BCUT2D eigenvalue weighted by molar-refractivity contribution is 5.46. The molecule has 0 radical (unpaired) electrons. The molecule has 0 spiro atoms. The molecule has 1 N–H and O–H groups in total. The lowest BCUT2D eigenvalue weighted by Crippen LogP contribution is -2.25. The standard InChI is InChI=1S/C13H17N3/c1-10-2-4-11(5-3-10)16-12-6-7-15-13(8-12)9-14/h6-8,10-11H,2-5H2,1H3,(H,15,16). The van der Waals surface area contributed by atoms with E-state index in [1.54, 1.807) is 6.20 Å². The number of pyridine rings is 1. The van der Waals surface area contributed by atoms with Gasteiger partial charge in [0.15, 0.2) is 0 Å². The Morgan fingerprint density at radius 3 is 2.81 bits per heavy atom. The molecule has 1 heterocycles.